The highest BCUT2D eigenvalue weighted by atomic mass is 16.5. The van der Waals surface area contributed by atoms with Crippen LogP contribution in [0.15, 0.2) is 59.6 Å². The van der Waals surface area contributed by atoms with Crippen molar-refractivity contribution in [3.63, 3.8) is 0 Å². The summed E-state index contributed by atoms with van der Waals surface area (Å²) in [7, 11) is 4.09. The largest absolute Gasteiger partial charge is 0.378 e. The fourth-order valence-corrected chi connectivity index (χ4v) is 3.82. The molecule has 1 aromatic carbocycles. The Morgan fingerprint density at radius 2 is 1.93 bits per heavy atom. The molecule has 8 heteroatoms. The van der Waals surface area contributed by atoms with E-state index in [9.17, 15) is 0 Å². The number of aromatic amines is 1. The van der Waals surface area contributed by atoms with Crippen molar-refractivity contribution in [2.45, 2.75) is 25.6 Å². The van der Waals surface area contributed by atoms with Crippen molar-refractivity contribution >= 4 is 5.69 Å². The first kappa shape index (κ1) is 18.5. The van der Waals surface area contributed by atoms with Gasteiger partial charge in [-0.25, -0.2) is 4.98 Å². The van der Waals surface area contributed by atoms with Crippen LogP contribution in [0.25, 0.3) is 11.4 Å². The average Bonchev–Trinajstić information content (AvgIpc) is 3.43. The van der Waals surface area contributed by atoms with Crippen LogP contribution < -0.4 is 4.90 Å². The Balaban J connectivity index is 1.43. The second kappa shape index (κ2) is 7.72. The minimum absolute atomic E-state index is 0.0302. The number of nitrogens with zero attached hydrogens (tertiary/aromatic N) is 6. The summed E-state index contributed by atoms with van der Waals surface area (Å²) in [5.41, 5.74) is 5.51. The Kier molecular flexibility index (Phi) is 4.76. The van der Waals surface area contributed by atoms with Gasteiger partial charge in [0.1, 0.15) is 0 Å². The molecule has 0 bridgehead atoms. The molecule has 4 aromatic rings. The van der Waals surface area contributed by atoms with Crippen molar-refractivity contribution in [2.75, 3.05) is 19.0 Å². The normalized spacial score (nSPS) is 16.4. The van der Waals surface area contributed by atoms with Crippen LogP contribution in [-0.4, -0.2) is 44.1 Å². The van der Waals surface area contributed by atoms with E-state index in [2.05, 4.69) is 54.2 Å². The fraction of sp³-hybridized carbons (Fsp3) is 0.273. The maximum absolute atomic E-state index is 5.70. The number of nitrogens with one attached hydrogen (secondary N) is 1. The maximum Gasteiger partial charge on any atom is 0.244 e. The number of H-pyrrole nitrogens is 1. The van der Waals surface area contributed by atoms with E-state index in [1.807, 2.05) is 26.2 Å². The molecule has 0 amide bonds. The first-order chi connectivity index (χ1) is 14.7. The van der Waals surface area contributed by atoms with Crippen molar-refractivity contribution in [1.82, 2.24) is 30.0 Å². The third kappa shape index (κ3) is 3.57. The second-order valence-electron chi connectivity index (χ2n) is 7.71. The van der Waals surface area contributed by atoms with Crippen molar-refractivity contribution < 1.29 is 4.52 Å². The zero-order valence-corrected chi connectivity index (χ0v) is 17.0. The van der Waals surface area contributed by atoms with Gasteiger partial charge in [-0.15, -0.1) is 0 Å². The van der Waals surface area contributed by atoms with E-state index < -0.39 is 0 Å². The SMILES string of the molecule is CN(C)c1ccc(CN2Cc3[nH]cnc3C[C@H]2c2nc(-c3ccncc3)no2)cc1. The highest BCUT2D eigenvalue weighted by molar-refractivity contribution is 5.52. The van der Waals surface area contributed by atoms with Crippen molar-refractivity contribution in [2.24, 2.45) is 0 Å². The molecule has 0 saturated carbocycles. The molecule has 5 rings (SSSR count). The number of rotatable bonds is 5. The highest BCUT2D eigenvalue weighted by Gasteiger charge is 2.33. The van der Waals surface area contributed by atoms with E-state index in [0.29, 0.717) is 11.7 Å². The first-order valence-electron chi connectivity index (χ1n) is 9.93. The number of imidazole rings is 1. The molecule has 0 spiro atoms. The Morgan fingerprint density at radius 3 is 2.70 bits per heavy atom. The zero-order valence-electron chi connectivity index (χ0n) is 17.0. The topological polar surface area (TPSA) is 87.0 Å². The summed E-state index contributed by atoms with van der Waals surface area (Å²) in [5, 5.41) is 4.20. The smallest absolute Gasteiger partial charge is 0.244 e. The predicted octanol–water partition coefficient (Wildman–Crippen LogP) is 3.22. The standard InChI is InChI=1S/C22H23N7O/c1-28(2)17-5-3-15(4-6-17)12-29-13-19-18(24-14-25-19)11-20(29)22-26-21(27-30-22)16-7-9-23-10-8-16/h3-10,14,20H,11-13H2,1-2H3,(H,24,25)/t20-/m0/s1. The molecule has 0 saturated heterocycles. The van der Waals surface area contributed by atoms with Crippen molar-refractivity contribution in [3.05, 3.63) is 78.0 Å². The molecular weight excluding hydrogens is 378 g/mol. The Hall–Kier alpha value is -3.52. The van der Waals surface area contributed by atoms with Crippen LogP contribution in [0.3, 0.4) is 0 Å². The summed E-state index contributed by atoms with van der Waals surface area (Å²) in [4.78, 5) is 21.0. The molecular formula is C22H23N7O. The summed E-state index contributed by atoms with van der Waals surface area (Å²) in [6, 6.07) is 12.4. The minimum atomic E-state index is -0.0302. The molecule has 1 aliphatic heterocycles. The van der Waals surface area contributed by atoms with Crippen LogP contribution in [0.5, 0.6) is 0 Å². The number of pyridine rings is 1. The molecule has 1 N–H and O–H groups in total. The Morgan fingerprint density at radius 1 is 1.13 bits per heavy atom. The van der Waals surface area contributed by atoms with Gasteiger partial charge in [0.15, 0.2) is 0 Å². The summed E-state index contributed by atoms with van der Waals surface area (Å²) in [6.45, 7) is 1.53. The maximum atomic E-state index is 5.70. The van der Waals surface area contributed by atoms with Crippen molar-refractivity contribution in [1.29, 1.82) is 0 Å². The lowest BCUT2D eigenvalue weighted by Gasteiger charge is -2.32. The van der Waals surface area contributed by atoms with Gasteiger partial charge in [0.2, 0.25) is 11.7 Å². The van der Waals surface area contributed by atoms with E-state index in [1.165, 1.54) is 11.3 Å². The van der Waals surface area contributed by atoms with Crippen LogP contribution in [0.4, 0.5) is 5.69 Å². The van der Waals surface area contributed by atoms with Crippen LogP contribution in [0, 0.1) is 0 Å². The van der Waals surface area contributed by atoms with Gasteiger partial charge in [-0.1, -0.05) is 17.3 Å². The van der Waals surface area contributed by atoms with Crippen LogP contribution in [0.2, 0.25) is 0 Å². The van der Waals surface area contributed by atoms with Gasteiger partial charge in [0, 0.05) is 57.3 Å². The molecule has 30 heavy (non-hydrogen) atoms. The molecule has 0 fully saturated rings. The van der Waals surface area contributed by atoms with Crippen LogP contribution in [0.1, 0.15) is 28.9 Å². The van der Waals surface area contributed by atoms with Crippen molar-refractivity contribution in [3.8, 4) is 11.4 Å². The lowest BCUT2D eigenvalue weighted by atomic mass is 10.0. The van der Waals surface area contributed by atoms with E-state index >= 15 is 0 Å². The molecule has 4 heterocycles. The predicted molar refractivity (Wildman–Crippen MR) is 113 cm³/mol. The number of hydrogen-bond acceptors (Lipinski definition) is 7. The quantitative estimate of drug-likeness (QED) is 0.549. The molecule has 0 unspecified atom stereocenters. The summed E-state index contributed by atoms with van der Waals surface area (Å²) in [5.74, 6) is 1.19. The third-order valence-electron chi connectivity index (χ3n) is 5.50. The molecule has 1 aliphatic rings. The van der Waals surface area contributed by atoms with Gasteiger partial charge in [-0.2, -0.15) is 4.98 Å². The highest BCUT2D eigenvalue weighted by Crippen LogP contribution is 2.33. The Bertz CT molecular complexity index is 1120. The summed E-state index contributed by atoms with van der Waals surface area (Å²) >= 11 is 0. The summed E-state index contributed by atoms with van der Waals surface area (Å²) < 4.78 is 5.70. The van der Waals surface area contributed by atoms with Gasteiger partial charge in [-0.3, -0.25) is 9.88 Å². The minimum Gasteiger partial charge on any atom is -0.378 e. The molecule has 8 nitrogen and oxygen atoms in total. The van der Waals surface area contributed by atoms with Gasteiger partial charge in [0.05, 0.1) is 23.8 Å². The monoisotopic (exact) mass is 401 g/mol. The number of fused-ring (bicyclic) bond motifs is 1. The zero-order chi connectivity index (χ0) is 20.5. The van der Waals surface area contributed by atoms with Gasteiger partial charge >= 0.3 is 0 Å². The number of aromatic nitrogens is 5. The summed E-state index contributed by atoms with van der Waals surface area (Å²) in [6.07, 6.45) is 5.94. The number of anilines is 1. The lowest BCUT2D eigenvalue weighted by molar-refractivity contribution is 0.128. The lowest BCUT2D eigenvalue weighted by Crippen LogP contribution is -2.34. The van der Waals surface area contributed by atoms with Gasteiger partial charge < -0.3 is 14.4 Å². The van der Waals surface area contributed by atoms with Crippen LogP contribution >= 0.6 is 0 Å². The average molecular weight is 401 g/mol. The third-order valence-corrected chi connectivity index (χ3v) is 5.50. The van der Waals surface area contributed by atoms with E-state index in [-0.39, 0.29) is 6.04 Å². The van der Waals surface area contributed by atoms with Crippen LogP contribution in [-0.2, 0) is 19.5 Å². The number of benzene rings is 1. The molecule has 152 valence electrons. The van der Waals surface area contributed by atoms with Gasteiger partial charge in [0.25, 0.3) is 0 Å². The Labute approximate surface area is 174 Å². The molecule has 0 aliphatic carbocycles. The van der Waals surface area contributed by atoms with E-state index in [4.69, 9.17) is 9.51 Å². The second-order valence-corrected chi connectivity index (χ2v) is 7.71. The van der Waals surface area contributed by atoms with E-state index in [0.717, 1.165) is 36.5 Å². The molecule has 0 radical (unpaired) electrons. The fourth-order valence-electron chi connectivity index (χ4n) is 3.82. The first-order valence-corrected chi connectivity index (χ1v) is 9.93. The number of hydrogen-bond donors (Lipinski definition) is 1. The molecule has 3 aromatic heterocycles. The van der Waals surface area contributed by atoms with E-state index in [1.54, 1.807) is 18.7 Å². The van der Waals surface area contributed by atoms with Gasteiger partial charge in [-0.05, 0) is 29.8 Å². The molecule has 1 atom stereocenters.